The maximum atomic E-state index is 13.1. The number of hydrogen-bond donors (Lipinski definition) is 2. The minimum absolute atomic E-state index is 0.0462. The van der Waals surface area contributed by atoms with Crippen LogP contribution >= 0.6 is 0 Å². The predicted molar refractivity (Wildman–Crippen MR) is 103 cm³/mol. The Bertz CT molecular complexity index is 727. The van der Waals surface area contributed by atoms with Gasteiger partial charge in [0.05, 0.1) is 17.6 Å². The lowest BCUT2D eigenvalue weighted by atomic mass is 9.40. The summed E-state index contributed by atoms with van der Waals surface area (Å²) in [4.78, 5) is 15.7. The summed E-state index contributed by atoms with van der Waals surface area (Å²) < 4.78 is 5.78. The summed E-state index contributed by atoms with van der Waals surface area (Å²) in [5, 5.41) is 24.0. The Morgan fingerprint density at radius 2 is 2.04 bits per heavy atom. The Labute approximate surface area is 167 Å². The topological polar surface area (TPSA) is 70.0 Å². The van der Waals surface area contributed by atoms with Crippen LogP contribution in [0.25, 0.3) is 0 Å². The van der Waals surface area contributed by atoms with Gasteiger partial charge in [0.2, 0.25) is 0 Å². The fourth-order valence-electron chi connectivity index (χ4n) is 10.1. The zero-order valence-electron chi connectivity index (χ0n) is 17.4. The van der Waals surface area contributed by atoms with Gasteiger partial charge in [-0.3, -0.25) is 9.69 Å². The number of nitrogens with zero attached hydrogens (tertiary/aromatic N) is 1. The van der Waals surface area contributed by atoms with Gasteiger partial charge in [0, 0.05) is 18.5 Å². The molecule has 1 spiro atoms. The fourth-order valence-corrected chi connectivity index (χ4v) is 10.1. The van der Waals surface area contributed by atoms with Crippen LogP contribution in [-0.2, 0) is 9.53 Å². The Morgan fingerprint density at radius 1 is 1.25 bits per heavy atom. The van der Waals surface area contributed by atoms with E-state index in [0.29, 0.717) is 12.3 Å². The molecule has 4 saturated carbocycles. The highest BCUT2D eigenvalue weighted by Gasteiger charge is 2.83. The zero-order chi connectivity index (χ0) is 19.6. The molecular weight excluding hydrogens is 354 g/mol. The third-order valence-electron chi connectivity index (χ3n) is 10.6. The standard InChI is InChI=1S/C23H35NO4/c1-4-12-6-8-21(3)11-24(5-2)19-16-17(25)18(21)23(12,19)14-10-13-7-9-22(16,27)15(14)20(26)28-13/h12-19,25,27H,4-11H2,1-3H3/t12-,13-,14+,15+,16-,17+,18+,19+,21-,22+,23-/m0/s1. The van der Waals surface area contributed by atoms with Gasteiger partial charge >= 0.3 is 5.97 Å². The number of aliphatic hydroxyl groups is 2. The van der Waals surface area contributed by atoms with Gasteiger partial charge in [0.1, 0.15) is 6.10 Å². The Morgan fingerprint density at radius 3 is 2.75 bits per heavy atom. The lowest BCUT2D eigenvalue weighted by Gasteiger charge is -2.69. The number of carbonyl (C=O) groups excluding carboxylic acids is 1. The number of aliphatic hydroxyl groups excluding tert-OH is 1. The smallest absolute Gasteiger partial charge is 0.312 e. The summed E-state index contributed by atoms with van der Waals surface area (Å²) in [6.45, 7) is 8.88. The van der Waals surface area contributed by atoms with E-state index < -0.39 is 17.6 Å². The van der Waals surface area contributed by atoms with Crippen molar-refractivity contribution in [1.29, 1.82) is 0 Å². The molecule has 0 aromatic rings. The van der Waals surface area contributed by atoms with Gasteiger partial charge in [-0.25, -0.2) is 0 Å². The maximum absolute atomic E-state index is 13.1. The van der Waals surface area contributed by atoms with Crippen molar-refractivity contribution >= 4 is 5.97 Å². The molecule has 0 aromatic carbocycles. The molecule has 28 heavy (non-hydrogen) atoms. The Balaban J connectivity index is 1.66. The molecule has 0 radical (unpaired) electrons. The lowest BCUT2D eigenvalue weighted by Crippen LogP contribution is -2.75. The van der Waals surface area contributed by atoms with Crippen LogP contribution in [0.2, 0.25) is 0 Å². The molecule has 7 fully saturated rings. The minimum atomic E-state index is -1.11. The van der Waals surface area contributed by atoms with Crippen LogP contribution in [0.3, 0.4) is 0 Å². The summed E-state index contributed by atoms with van der Waals surface area (Å²) in [6, 6.07) is 0.201. The van der Waals surface area contributed by atoms with E-state index >= 15 is 0 Å². The molecule has 11 atom stereocenters. The number of fused-ring (bicyclic) bond motifs is 2. The average molecular weight is 390 g/mol. The first-order valence-electron chi connectivity index (χ1n) is 11.7. The molecule has 2 N–H and O–H groups in total. The normalized spacial score (nSPS) is 61.8. The van der Waals surface area contributed by atoms with Crippen molar-refractivity contribution < 1.29 is 19.7 Å². The van der Waals surface area contributed by atoms with Crippen LogP contribution in [-0.4, -0.2) is 58.0 Å². The molecule has 7 rings (SSSR count). The number of ether oxygens (including phenoxy) is 1. The van der Waals surface area contributed by atoms with Crippen molar-refractivity contribution in [1.82, 2.24) is 4.90 Å². The summed E-state index contributed by atoms with van der Waals surface area (Å²) in [5.74, 6) is 0.0163. The van der Waals surface area contributed by atoms with Crippen LogP contribution in [0.15, 0.2) is 0 Å². The average Bonchev–Trinajstić information content (AvgIpc) is 2.73. The van der Waals surface area contributed by atoms with Crippen LogP contribution in [0.1, 0.15) is 59.3 Å². The van der Waals surface area contributed by atoms with E-state index in [1.165, 1.54) is 6.42 Å². The largest absolute Gasteiger partial charge is 0.462 e. The van der Waals surface area contributed by atoms with Gasteiger partial charge in [-0.15, -0.1) is 0 Å². The molecule has 9 bridgehead atoms. The third-order valence-corrected chi connectivity index (χ3v) is 10.6. The van der Waals surface area contributed by atoms with E-state index in [-0.39, 0.29) is 46.7 Å². The highest BCUT2D eigenvalue weighted by molar-refractivity contribution is 5.77. The van der Waals surface area contributed by atoms with E-state index in [1.807, 2.05) is 0 Å². The monoisotopic (exact) mass is 389 g/mol. The van der Waals surface area contributed by atoms with E-state index in [0.717, 1.165) is 38.8 Å². The lowest BCUT2D eigenvalue weighted by molar-refractivity contribution is -0.254. The van der Waals surface area contributed by atoms with Gasteiger partial charge in [0.15, 0.2) is 0 Å². The number of carbonyl (C=O) groups is 1. The van der Waals surface area contributed by atoms with Crippen molar-refractivity contribution in [3.63, 3.8) is 0 Å². The molecule has 3 saturated heterocycles. The quantitative estimate of drug-likeness (QED) is 0.709. The molecule has 0 unspecified atom stereocenters. The van der Waals surface area contributed by atoms with Crippen molar-refractivity contribution in [3.05, 3.63) is 0 Å². The zero-order valence-corrected chi connectivity index (χ0v) is 17.4. The van der Waals surface area contributed by atoms with Gasteiger partial charge in [-0.1, -0.05) is 27.2 Å². The number of hydrogen-bond acceptors (Lipinski definition) is 5. The minimum Gasteiger partial charge on any atom is -0.462 e. The maximum Gasteiger partial charge on any atom is 0.312 e. The van der Waals surface area contributed by atoms with Gasteiger partial charge in [-0.2, -0.15) is 0 Å². The molecule has 156 valence electrons. The predicted octanol–water partition coefficient (Wildman–Crippen LogP) is 2.20. The van der Waals surface area contributed by atoms with Crippen LogP contribution < -0.4 is 0 Å². The second-order valence-electron chi connectivity index (χ2n) is 11.2. The SMILES string of the molecule is CC[C@H]1CC[C@@]2(C)CN(CC)[C@@H]3[C@@H]4[C@@H](O)[C@H]2[C@@]13[C@@H]1C[C@@H]2CC[C@@]4(O)[C@H]1C(=O)O2. The molecule has 3 aliphatic heterocycles. The molecule has 0 aromatic heterocycles. The molecule has 7 aliphatic rings. The fraction of sp³-hybridized carbons (Fsp3) is 0.957. The van der Waals surface area contributed by atoms with Crippen LogP contribution in [0.5, 0.6) is 0 Å². The second-order valence-corrected chi connectivity index (χ2v) is 11.2. The molecule has 5 heteroatoms. The van der Waals surface area contributed by atoms with E-state index in [9.17, 15) is 15.0 Å². The molecule has 0 amide bonds. The summed E-state index contributed by atoms with van der Waals surface area (Å²) in [6.07, 6.45) is 5.10. The first kappa shape index (κ1) is 18.1. The van der Waals surface area contributed by atoms with E-state index in [1.54, 1.807) is 0 Å². The van der Waals surface area contributed by atoms with Gasteiger partial charge in [-0.05, 0) is 67.2 Å². The number of esters is 1. The second kappa shape index (κ2) is 5.33. The number of piperidine rings is 1. The first-order valence-corrected chi connectivity index (χ1v) is 11.7. The summed E-state index contributed by atoms with van der Waals surface area (Å²) in [5.41, 5.74) is -1.10. The number of rotatable bonds is 2. The highest BCUT2D eigenvalue weighted by atomic mass is 16.5. The Kier molecular flexibility index (Phi) is 3.46. The molecule has 5 nitrogen and oxygen atoms in total. The van der Waals surface area contributed by atoms with E-state index in [4.69, 9.17) is 4.74 Å². The van der Waals surface area contributed by atoms with Gasteiger partial charge in [0.25, 0.3) is 0 Å². The first-order chi connectivity index (χ1) is 13.3. The van der Waals surface area contributed by atoms with Crippen LogP contribution in [0.4, 0.5) is 0 Å². The van der Waals surface area contributed by atoms with Gasteiger partial charge < -0.3 is 14.9 Å². The molecular formula is C23H35NO4. The summed E-state index contributed by atoms with van der Waals surface area (Å²) >= 11 is 0. The van der Waals surface area contributed by atoms with Crippen molar-refractivity contribution in [3.8, 4) is 0 Å². The van der Waals surface area contributed by atoms with Crippen LogP contribution in [0, 0.1) is 40.4 Å². The van der Waals surface area contributed by atoms with Crippen molar-refractivity contribution in [2.75, 3.05) is 13.1 Å². The van der Waals surface area contributed by atoms with Crippen molar-refractivity contribution in [2.24, 2.45) is 40.4 Å². The third kappa shape index (κ3) is 1.69. The summed E-state index contributed by atoms with van der Waals surface area (Å²) in [7, 11) is 0. The highest BCUT2D eigenvalue weighted by Crippen LogP contribution is 2.78. The number of likely N-dealkylation sites (tertiary alicyclic amines) is 1. The molecule has 4 aliphatic carbocycles. The van der Waals surface area contributed by atoms with E-state index in [2.05, 4.69) is 25.7 Å². The van der Waals surface area contributed by atoms with Crippen molar-refractivity contribution in [2.45, 2.75) is 83.1 Å². The Hall–Kier alpha value is -0.650. The molecule has 3 heterocycles.